The van der Waals surface area contributed by atoms with Gasteiger partial charge in [0.2, 0.25) is 0 Å². The minimum atomic E-state index is -0.448. The van der Waals surface area contributed by atoms with E-state index in [9.17, 15) is 10.1 Å². The van der Waals surface area contributed by atoms with Crippen molar-refractivity contribution in [1.82, 2.24) is 5.32 Å². The molecule has 1 N–H and O–H groups in total. The number of likely N-dealkylation sites (N-methyl/N-ethyl adjacent to an activating group) is 1. The average molecular weight is 368 g/mol. The summed E-state index contributed by atoms with van der Waals surface area (Å²) in [6, 6.07) is 2.85. The molecule has 1 atom stereocenters. The molecule has 0 aliphatic heterocycles. The number of nitrogens with one attached hydrogen (secondary N) is 1. The minimum absolute atomic E-state index is 0.0115. The van der Waals surface area contributed by atoms with Crippen LogP contribution in [0.3, 0.4) is 0 Å². The van der Waals surface area contributed by atoms with E-state index in [-0.39, 0.29) is 11.8 Å². The first-order valence-corrected chi connectivity index (χ1v) is 6.49. The second kappa shape index (κ2) is 6.32. The first-order valence-electron chi connectivity index (χ1n) is 4.90. The van der Waals surface area contributed by atoms with Gasteiger partial charge >= 0.3 is 0 Å². The number of non-ortho nitro benzene ring substituents is 1. The molecule has 0 saturated heterocycles. The highest BCUT2D eigenvalue weighted by atomic mass is 79.9. The van der Waals surface area contributed by atoms with Gasteiger partial charge in [-0.3, -0.25) is 10.1 Å². The fourth-order valence-corrected chi connectivity index (χ4v) is 2.64. The normalized spacial score (nSPS) is 12.2. The summed E-state index contributed by atoms with van der Waals surface area (Å²) in [6.45, 7) is 2.60. The van der Waals surface area contributed by atoms with Crippen molar-refractivity contribution in [2.75, 3.05) is 13.6 Å². The smallest absolute Gasteiger partial charge is 0.271 e. The van der Waals surface area contributed by atoms with Crippen LogP contribution in [0.5, 0.6) is 5.75 Å². The van der Waals surface area contributed by atoms with Gasteiger partial charge in [0.25, 0.3) is 5.69 Å². The third kappa shape index (κ3) is 3.93. The SMILES string of the molecule is CNCC(C)Oc1c(Br)cc([N+](=O)[O-])cc1Br. The van der Waals surface area contributed by atoms with Gasteiger partial charge in [-0.15, -0.1) is 0 Å². The zero-order valence-electron chi connectivity index (χ0n) is 9.37. The van der Waals surface area contributed by atoms with Crippen LogP contribution in [0.15, 0.2) is 21.1 Å². The molecule has 0 aliphatic rings. The second-order valence-electron chi connectivity index (χ2n) is 3.48. The molecule has 0 aliphatic carbocycles. The van der Waals surface area contributed by atoms with Gasteiger partial charge in [0, 0.05) is 18.7 Å². The Labute approximate surface area is 116 Å². The molecule has 0 bridgehead atoms. The maximum Gasteiger partial charge on any atom is 0.271 e. The topological polar surface area (TPSA) is 64.4 Å². The van der Waals surface area contributed by atoms with Gasteiger partial charge in [-0.1, -0.05) is 0 Å². The summed E-state index contributed by atoms with van der Waals surface area (Å²) in [5.74, 6) is 0.568. The third-order valence-electron chi connectivity index (χ3n) is 2.00. The lowest BCUT2D eigenvalue weighted by atomic mass is 10.3. The van der Waals surface area contributed by atoms with E-state index < -0.39 is 4.92 Å². The Hall–Kier alpha value is -0.660. The van der Waals surface area contributed by atoms with Gasteiger partial charge in [-0.25, -0.2) is 0 Å². The Morgan fingerprint density at radius 2 is 2.00 bits per heavy atom. The van der Waals surface area contributed by atoms with Gasteiger partial charge < -0.3 is 10.1 Å². The van der Waals surface area contributed by atoms with Crippen molar-refractivity contribution in [3.63, 3.8) is 0 Å². The van der Waals surface area contributed by atoms with E-state index in [2.05, 4.69) is 37.2 Å². The van der Waals surface area contributed by atoms with Gasteiger partial charge in [0.1, 0.15) is 11.9 Å². The number of nitro benzene ring substituents is 1. The molecule has 17 heavy (non-hydrogen) atoms. The summed E-state index contributed by atoms with van der Waals surface area (Å²) in [5, 5.41) is 13.6. The van der Waals surface area contributed by atoms with E-state index in [1.807, 2.05) is 14.0 Å². The molecule has 0 spiro atoms. The van der Waals surface area contributed by atoms with Crippen LogP contribution >= 0.6 is 31.9 Å². The van der Waals surface area contributed by atoms with E-state index in [1.165, 1.54) is 12.1 Å². The number of benzene rings is 1. The van der Waals surface area contributed by atoms with Crippen LogP contribution in [0.4, 0.5) is 5.69 Å². The summed E-state index contributed by atoms with van der Waals surface area (Å²) in [4.78, 5) is 10.2. The van der Waals surface area contributed by atoms with Crippen molar-refractivity contribution in [3.05, 3.63) is 31.2 Å². The molecule has 0 aromatic heterocycles. The Kier molecular flexibility index (Phi) is 5.35. The largest absolute Gasteiger partial charge is 0.487 e. The number of halogens is 2. The van der Waals surface area contributed by atoms with Crippen molar-refractivity contribution < 1.29 is 9.66 Å². The van der Waals surface area contributed by atoms with Crippen LogP contribution in [0, 0.1) is 10.1 Å². The molecule has 1 rings (SSSR count). The fraction of sp³-hybridized carbons (Fsp3) is 0.400. The predicted molar refractivity (Wildman–Crippen MR) is 72.5 cm³/mol. The van der Waals surface area contributed by atoms with Gasteiger partial charge in [0.15, 0.2) is 0 Å². The number of nitro groups is 1. The van der Waals surface area contributed by atoms with Gasteiger partial charge in [-0.05, 0) is 45.8 Å². The predicted octanol–water partition coefficient (Wildman–Crippen LogP) is 3.11. The minimum Gasteiger partial charge on any atom is -0.487 e. The average Bonchev–Trinajstić information content (AvgIpc) is 2.23. The quantitative estimate of drug-likeness (QED) is 0.641. The van der Waals surface area contributed by atoms with Crippen molar-refractivity contribution in [2.45, 2.75) is 13.0 Å². The molecule has 7 heteroatoms. The molecule has 5 nitrogen and oxygen atoms in total. The molecule has 1 aromatic rings. The Morgan fingerprint density at radius 3 is 2.41 bits per heavy atom. The number of rotatable bonds is 5. The zero-order chi connectivity index (χ0) is 13.0. The first kappa shape index (κ1) is 14.4. The molecule has 0 fully saturated rings. The summed E-state index contributed by atoms with van der Waals surface area (Å²) in [6.07, 6.45) is -0.0333. The standard InChI is InChI=1S/C10H12Br2N2O3/c1-6(5-13-2)17-10-8(11)3-7(14(15)16)4-9(10)12/h3-4,6,13H,5H2,1-2H3. The lowest BCUT2D eigenvalue weighted by molar-refractivity contribution is -0.385. The van der Waals surface area contributed by atoms with Gasteiger partial charge in [-0.2, -0.15) is 0 Å². The maximum absolute atomic E-state index is 10.7. The molecule has 0 heterocycles. The molecule has 0 saturated carbocycles. The third-order valence-corrected chi connectivity index (χ3v) is 3.18. The molecule has 94 valence electrons. The van der Waals surface area contributed by atoms with Crippen molar-refractivity contribution in [3.8, 4) is 5.75 Å². The second-order valence-corrected chi connectivity index (χ2v) is 5.19. The molecule has 1 aromatic carbocycles. The maximum atomic E-state index is 10.7. The van der Waals surface area contributed by atoms with Crippen molar-refractivity contribution >= 4 is 37.5 Å². The number of ether oxygens (including phenoxy) is 1. The summed E-state index contributed by atoms with van der Waals surface area (Å²) < 4.78 is 6.79. The summed E-state index contributed by atoms with van der Waals surface area (Å²) in [5.41, 5.74) is 0.0115. The Morgan fingerprint density at radius 1 is 1.47 bits per heavy atom. The monoisotopic (exact) mass is 366 g/mol. The lowest BCUT2D eigenvalue weighted by Crippen LogP contribution is -2.26. The summed E-state index contributed by atoms with van der Waals surface area (Å²) in [7, 11) is 1.83. The number of nitrogens with zero attached hydrogens (tertiary/aromatic N) is 1. The number of hydrogen-bond donors (Lipinski definition) is 1. The van der Waals surface area contributed by atoms with Crippen molar-refractivity contribution in [1.29, 1.82) is 0 Å². The molecular formula is C10H12Br2N2O3. The van der Waals surface area contributed by atoms with Crippen LogP contribution in [0.1, 0.15) is 6.92 Å². The molecule has 0 amide bonds. The highest BCUT2D eigenvalue weighted by Crippen LogP contribution is 2.37. The van der Waals surface area contributed by atoms with E-state index >= 15 is 0 Å². The highest BCUT2D eigenvalue weighted by Gasteiger charge is 2.16. The highest BCUT2D eigenvalue weighted by molar-refractivity contribution is 9.11. The number of hydrogen-bond acceptors (Lipinski definition) is 4. The van der Waals surface area contributed by atoms with Crippen LogP contribution in [0.25, 0.3) is 0 Å². The Bertz CT molecular complexity index is 403. The summed E-state index contributed by atoms with van der Waals surface area (Å²) >= 11 is 6.53. The first-order chi connectivity index (χ1) is 7.95. The van der Waals surface area contributed by atoms with Crippen LogP contribution in [-0.2, 0) is 0 Å². The molecule has 1 unspecified atom stereocenters. The van der Waals surface area contributed by atoms with Gasteiger partial charge in [0.05, 0.1) is 13.9 Å². The van der Waals surface area contributed by atoms with E-state index in [0.717, 1.165) is 0 Å². The van der Waals surface area contributed by atoms with Crippen molar-refractivity contribution in [2.24, 2.45) is 0 Å². The lowest BCUT2D eigenvalue weighted by Gasteiger charge is -2.16. The van der Waals surface area contributed by atoms with E-state index in [4.69, 9.17) is 4.74 Å². The van der Waals surface area contributed by atoms with E-state index in [1.54, 1.807) is 0 Å². The van der Waals surface area contributed by atoms with Crippen LogP contribution in [0.2, 0.25) is 0 Å². The van der Waals surface area contributed by atoms with E-state index in [0.29, 0.717) is 21.2 Å². The van der Waals surface area contributed by atoms with Crippen LogP contribution < -0.4 is 10.1 Å². The molecule has 0 radical (unpaired) electrons. The Balaban J connectivity index is 2.97. The van der Waals surface area contributed by atoms with Crippen LogP contribution in [-0.4, -0.2) is 24.6 Å². The zero-order valence-corrected chi connectivity index (χ0v) is 12.5. The molecular weight excluding hydrogens is 356 g/mol. The fourth-order valence-electron chi connectivity index (χ4n) is 1.29.